The van der Waals surface area contributed by atoms with Crippen LogP contribution in [-0.2, 0) is 0 Å². The molecule has 0 saturated carbocycles. The maximum Gasteiger partial charge on any atom is 0.177 e. The van der Waals surface area contributed by atoms with Crippen molar-refractivity contribution in [3.8, 4) is 0 Å². The van der Waals surface area contributed by atoms with E-state index in [9.17, 15) is 0 Å². The van der Waals surface area contributed by atoms with Gasteiger partial charge in [-0.15, -0.1) is 15.3 Å². The van der Waals surface area contributed by atoms with E-state index in [1.165, 1.54) is 5.56 Å². The molecule has 1 aromatic carbocycles. The first-order chi connectivity index (χ1) is 12.3. The third-order valence-corrected chi connectivity index (χ3v) is 4.63. The number of nitrogens with zero attached hydrogens (tertiary/aromatic N) is 6. The van der Waals surface area contributed by atoms with Crippen molar-refractivity contribution in [3.05, 3.63) is 60.4 Å². The second kappa shape index (κ2) is 7.03. The third-order valence-electron chi connectivity index (χ3n) is 4.63. The van der Waals surface area contributed by atoms with Crippen molar-refractivity contribution in [3.63, 3.8) is 0 Å². The molecule has 1 saturated heterocycles. The van der Waals surface area contributed by atoms with Crippen molar-refractivity contribution in [2.45, 2.75) is 13.0 Å². The quantitative estimate of drug-likeness (QED) is 0.733. The molecule has 0 aliphatic carbocycles. The van der Waals surface area contributed by atoms with Crippen LogP contribution in [0.15, 0.2) is 54.9 Å². The van der Waals surface area contributed by atoms with Gasteiger partial charge in [-0.3, -0.25) is 4.90 Å². The van der Waals surface area contributed by atoms with E-state index in [2.05, 4.69) is 68.4 Å². The topological polar surface area (TPSA) is 49.6 Å². The normalized spacial score (nSPS) is 19.1. The molecule has 0 N–H and O–H groups in total. The molecule has 1 atom stereocenters. The van der Waals surface area contributed by atoms with Crippen LogP contribution in [0.25, 0.3) is 11.7 Å². The summed E-state index contributed by atoms with van der Waals surface area (Å²) in [6, 6.07) is 14.9. The molecule has 1 aliphatic heterocycles. The summed E-state index contributed by atoms with van der Waals surface area (Å²) >= 11 is 0. The van der Waals surface area contributed by atoms with Crippen LogP contribution in [0.5, 0.6) is 0 Å². The summed E-state index contributed by atoms with van der Waals surface area (Å²) in [4.78, 5) is 4.84. The van der Waals surface area contributed by atoms with Gasteiger partial charge in [0.25, 0.3) is 0 Å². The Hall–Kier alpha value is -2.73. The second-order valence-corrected chi connectivity index (χ2v) is 6.44. The zero-order valence-electron chi connectivity index (χ0n) is 14.4. The SMILES string of the molecule is C[C@H]1CN(C/C=C\c2ccccc2)CCN1c1ccc2nncn2n1. The van der Waals surface area contributed by atoms with E-state index in [0.29, 0.717) is 6.04 Å². The predicted octanol–water partition coefficient (Wildman–Crippen LogP) is 2.35. The molecule has 6 heteroatoms. The highest BCUT2D eigenvalue weighted by atomic mass is 15.4. The Morgan fingerprint density at radius 3 is 2.84 bits per heavy atom. The number of aromatic nitrogens is 4. The van der Waals surface area contributed by atoms with E-state index in [1.807, 2.05) is 18.2 Å². The fourth-order valence-electron chi connectivity index (χ4n) is 3.31. The summed E-state index contributed by atoms with van der Waals surface area (Å²) < 4.78 is 1.73. The maximum absolute atomic E-state index is 4.62. The van der Waals surface area contributed by atoms with E-state index in [-0.39, 0.29) is 0 Å². The molecule has 1 fully saturated rings. The van der Waals surface area contributed by atoms with Gasteiger partial charge >= 0.3 is 0 Å². The van der Waals surface area contributed by atoms with Crippen molar-refractivity contribution >= 4 is 17.5 Å². The van der Waals surface area contributed by atoms with Gasteiger partial charge in [-0.25, -0.2) is 0 Å². The molecule has 0 radical (unpaired) electrons. The van der Waals surface area contributed by atoms with Gasteiger partial charge in [0.2, 0.25) is 0 Å². The van der Waals surface area contributed by atoms with Gasteiger partial charge in [0.15, 0.2) is 5.65 Å². The zero-order valence-corrected chi connectivity index (χ0v) is 14.4. The van der Waals surface area contributed by atoms with Gasteiger partial charge in [0.1, 0.15) is 12.1 Å². The van der Waals surface area contributed by atoms with Crippen LogP contribution >= 0.6 is 0 Å². The molecule has 0 amide bonds. The van der Waals surface area contributed by atoms with E-state index in [1.54, 1.807) is 10.8 Å². The van der Waals surface area contributed by atoms with Gasteiger partial charge in [-0.2, -0.15) is 4.52 Å². The Balaban J connectivity index is 1.37. The fourth-order valence-corrected chi connectivity index (χ4v) is 3.31. The maximum atomic E-state index is 4.62. The number of fused-ring (bicyclic) bond motifs is 1. The van der Waals surface area contributed by atoms with Crippen molar-refractivity contribution in [2.75, 3.05) is 31.1 Å². The van der Waals surface area contributed by atoms with Crippen LogP contribution in [0.4, 0.5) is 5.82 Å². The highest BCUT2D eigenvalue weighted by Gasteiger charge is 2.24. The van der Waals surface area contributed by atoms with Gasteiger partial charge in [-0.05, 0) is 24.6 Å². The molecule has 0 bridgehead atoms. The van der Waals surface area contributed by atoms with Crippen LogP contribution in [0.2, 0.25) is 0 Å². The van der Waals surface area contributed by atoms with Crippen LogP contribution in [0.3, 0.4) is 0 Å². The Kier molecular flexibility index (Phi) is 4.43. The van der Waals surface area contributed by atoms with Gasteiger partial charge in [-0.1, -0.05) is 42.5 Å². The number of hydrogen-bond acceptors (Lipinski definition) is 5. The Morgan fingerprint density at radius 2 is 2.00 bits per heavy atom. The average molecular weight is 334 g/mol. The fraction of sp³-hybridized carbons (Fsp3) is 0.316. The molecule has 3 heterocycles. The average Bonchev–Trinajstić information content (AvgIpc) is 3.10. The Bertz CT molecular complexity index is 856. The van der Waals surface area contributed by atoms with Gasteiger partial charge in [0.05, 0.1) is 0 Å². The number of anilines is 1. The lowest BCUT2D eigenvalue weighted by Crippen LogP contribution is -2.52. The summed E-state index contributed by atoms with van der Waals surface area (Å²) in [7, 11) is 0. The molecule has 1 aliphatic rings. The molecule has 3 aromatic rings. The van der Waals surface area contributed by atoms with Gasteiger partial charge < -0.3 is 4.90 Å². The lowest BCUT2D eigenvalue weighted by Gasteiger charge is -2.40. The highest BCUT2D eigenvalue weighted by molar-refractivity contribution is 5.49. The van der Waals surface area contributed by atoms with Crippen molar-refractivity contribution < 1.29 is 0 Å². The van der Waals surface area contributed by atoms with Crippen LogP contribution < -0.4 is 4.90 Å². The van der Waals surface area contributed by atoms with Crippen molar-refractivity contribution in [2.24, 2.45) is 0 Å². The first-order valence-electron chi connectivity index (χ1n) is 8.67. The van der Waals surface area contributed by atoms with Crippen molar-refractivity contribution in [1.29, 1.82) is 0 Å². The third kappa shape index (κ3) is 3.53. The highest BCUT2D eigenvalue weighted by Crippen LogP contribution is 2.18. The molecule has 0 unspecified atom stereocenters. The monoisotopic (exact) mass is 334 g/mol. The Labute approximate surface area is 147 Å². The largest absolute Gasteiger partial charge is 0.350 e. The van der Waals surface area contributed by atoms with E-state index >= 15 is 0 Å². The minimum absolute atomic E-state index is 0.417. The molecule has 128 valence electrons. The number of piperazine rings is 1. The van der Waals surface area contributed by atoms with E-state index in [4.69, 9.17) is 0 Å². The summed E-state index contributed by atoms with van der Waals surface area (Å²) in [5.41, 5.74) is 2.03. The zero-order chi connectivity index (χ0) is 17.1. The molecular formula is C19H22N6. The second-order valence-electron chi connectivity index (χ2n) is 6.44. The van der Waals surface area contributed by atoms with Crippen LogP contribution in [0, 0.1) is 0 Å². The van der Waals surface area contributed by atoms with Crippen LogP contribution in [0.1, 0.15) is 12.5 Å². The predicted molar refractivity (Wildman–Crippen MR) is 99.5 cm³/mol. The van der Waals surface area contributed by atoms with E-state index in [0.717, 1.165) is 37.6 Å². The van der Waals surface area contributed by atoms with Crippen molar-refractivity contribution in [1.82, 2.24) is 24.7 Å². The Morgan fingerprint density at radius 1 is 1.12 bits per heavy atom. The summed E-state index contributed by atoms with van der Waals surface area (Å²) in [5.74, 6) is 0.985. The van der Waals surface area contributed by atoms with E-state index < -0.39 is 0 Å². The standard InChI is InChI=1S/C19H22N6/c1-16-14-23(11-5-8-17-6-3-2-4-7-17)12-13-24(16)19-10-9-18-21-20-15-25(18)22-19/h2-10,15-16H,11-14H2,1H3/b8-5-/t16-/m0/s1. The summed E-state index contributed by atoms with van der Waals surface area (Å²) in [6.07, 6.45) is 6.09. The number of rotatable bonds is 4. The molecular weight excluding hydrogens is 312 g/mol. The number of hydrogen-bond donors (Lipinski definition) is 0. The molecule has 25 heavy (non-hydrogen) atoms. The first-order valence-corrected chi connectivity index (χ1v) is 8.67. The summed E-state index contributed by atoms with van der Waals surface area (Å²) in [6.45, 7) is 6.27. The van der Waals surface area contributed by atoms with Crippen LogP contribution in [-0.4, -0.2) is 56.9 Å². The minimum Gasteiger partial charge on any atom is -0.350 e. The summed E-state index contributed by atoms with van der Waals surface area (Å²) in [5, 5.41) is 12.5. The first kappa shape index (κ1) is 15.8. The number of benzene rings is 1. The molecule has 0 spiro atoms. The van der Waals surface area contributed by atoms with Gasteiger partial charge in [0, 0.05) is 32.2 Å². The smallest absolute Gasteiger partial charge is 0.177 e. The molecule has 4 rings (SSSR count). The lowest BCUT2D eigenvalue weighted by atomic mass is 10.1. The lowest BCUT2D eigenvalue weighted by molar-refractivity contribution is 0.250. The minimum atomic E-state index is 0.417. The molecule has 6 nitrogen and oxygen atoms in total. The molecule has 2 aromatic heterocycles.